The first kappa shape index (κ1) is 40.0. The lowest BCUT2D eigenvalue weighted by Gasteiger charge is -2.34. The molecule has 0 atom stereocenters. The van der Waals surface area contributed by atoms with E-state index in [0.29, 0.717) is 46.7 Å². The molecule has 0 saturated carbocycles. The van der Waals surface area contributed by atoms with Crippen molar-refractivity contribution < 1.29 is 18.4 Å². The average Bonchev–Trinajstić information content (AvgIpc) is 3.10. The van der Waals surface area contributed by atoms with Crippen molar-refractivity contribution in [3.8, 4) is 11.3 Å². The molecule has 0 aliphatic carbocycles. The molecule has 1 aliphatic rings. The number of rotatable bonds is 9. The van der Waals surface area contributed by atoms with Gasteiger partial charge in [0.2, 0.25) is 5.95 Å². The highest BCUT2D eigenvalue weighted by Crippen LogP contribution is 2.41. The van der Waals surface area contributed by atoms with E-state index >= 15 is 8.78 Å². The largest absolute Gasteiger partial charge is 0.367 e. The Labute approximate surface area is 300 Å². The van der Waals surface area contributed by atoms with Crippen LogP contribution in [0.2, 0.25) is 0 Å². The summed E-state index contributed by atoms with van der Waals surface area (Å²) in [6, 6.07) is 15.6. The number of nitrogens with one attached hydrogen (secondary N) is 3. The molecule has 0 unspecified atom stereocenters. The summed E-state index contributed by atoms with van der Waals surface area (Å²) in [5, 5.41) is 9.21. The third-order valence-corrected chi connectivity index (χ3v) is 7.82. The molecule has 5 rings (SSSR count). The number of aromatic nitrogens is 2. The van der Waals surface area contributed by atoms with Crippen LogP contribution in [0.25, 0.3) is 11.3 Å². The highest BCUT2D eigenvalue weighted by atomic mass is 19.1. The Morgan fingerprint density at radius 2 is 1.59 bits per heavy atom. The van der Waals surface area contributed by atoms with Gasteiger partial charge in [0.1, 0.15) is 29.0 Å². The minimum atomic E-state index is -0.769. The fraction of sp³-hybridized carbons (Fsp3) is 0.300. The van der Waals surface area contributed by atoms with Gasteiger partial charge in [-0.2, -0.15) is 4.98 Å². The smallest absolute Gasteiger partial charge is 0.255 e. The van der Waals surface area contributed by atoms with Crippen LogP contribution in [0.4, 0.5) is 31.9 Å². The Kier molecular flexibility index (Phi) is 14.5. The Balaban J connectivity index is 0.000000923. The summed E-state index contributed by atoms with van der Waals surface area (Å²) in [5.74, 6) is -1.17. The number of hydrogen-bond acceptors (Lipinski definition) is 8. The summed E-state index contributed by atoms with van der Waals surface area (Å²) >= 11 is 0. The average molecular weight is 698 g/mol. The monoisotopic (exact) mass is 697 g/mol. The van der Waals surface area contributed by atoms with Crippen LogP contribution in [0.5, 0.6) is 0 Å². The number of para-hydroxylation sites is 1. The highest BCUT2D eigenvalue weighted by molar-refractivity contribution is 6.05. The van der Waals surface area contributed by atoms with Gasteiger partial charge >= 0.3 is 0 Å². The van der Waals surface area contributed by atoms with E-state index in [2.05, 4.69) is 42.5 Å². The first-order chi connectivity index (χ1) is 24.3. The topological polar surface area (TPSA) is 102 Å². The van der Waals surface area contributed by atoms with Gasteiger partial charge in [0, 0.05) is 47.6 Å². The summed E-state index contributed by atoms with van der Waals surface area (Å²) in [6.07, 6.45) is 2.08. The maximum atomic E-state index is 15.1. The first-order valence-corrected chi connectivity index (χ1v) is 16.9. The van der Waals surface area contributed by atoms with E-state index in [9.17, 15) is 9.59 Å². The summed E-state index contributed by atoms with van der Waals surface area (Å²) in [5.41, 5.74) is 5.11. The Hall–Kier alpha value is -5.42. The van der Waals surface area contributed by atoms with Gasteiger partial charge in [0.15, 0.2) is 5.78 Å². The second-order valence-electron chi connectivity index (χ2n) is 12.1. The van der Waals surface area contributed by atoms with Crippen LogP contribution in [0.1, 0.15) is 73.4 Å². The van der Waals surface area contributed by atoms with Gasteiger partial charge in [0.05, 0.1) is 5.69 Å². The van der Waals surface area contributed by atoms with Crippen LogP contribution in [-0.2, 0) is 6.54 Å². The Bertz CT molecular complexity index is 1860. The molecule has 11 heteroatoms. The number of fused-ring (bicyclic) bond motifs is 1. The fourth-order valence-corrected chi connectivity index (χ4v) is 4.86. The zero-order valence-electron chi connectivity index (χ0n) is 31.0. The van der Waals surface area contributed by atoms with Gasteiger partial charge in [0.25, 0.3) is 5.91 Å². The van der Waals surface area contributed by atoms with Gasteiger partial charge in [-0.25, -0.2) is 13.8 Å². The molecule has 0 bridgehead atoms. The molecular formula is C40H49F2N7O2. The minimum Gasteiger partial charge on any atom is -0.367 e. The van der Waals surface area contributed by atoms with Crippen LogP contribution in [0.3, 0.4) is 0 Å². The summed E-state index contributed by atoms with van der Waals surface area (Å²) in [7, 11) is 3.88. The van der Waals surface area contributed by atoms with Crippen LogP contribution >= 0.6 is 0 Å². The number of amides is 1. The summed E-state index contributed by atoms with van der Waals surface area (Å²) in [6.45, 7) is 19.0. The molecule has 0 radical (unpaired) electrons. The molecular weight excluding hydrogens is 648 g/mol. The zero-order valence-corrected chi connectivity index (χ0v) is 31.0. The van der Waals surface area contributed by atoms with Crippen molar-refractivity contribution in [2.45, 2.75) is 55.0 Å². The second-order valence-corrected chi connectivity index (χ2v) is 12.1. The van der Waals surface area contributed by atoms with E-state index in [1.807, 2.05) is 52.8 Å². The molecule has 0 spiro atoms. The van der Waals surface area contributed by atoms with Crippen molar-refractivity contribution in [2.75, 3.05) is 42.7 Å². The number of allylic oxidation sites excluding steroid dienone is 2. The van der Waals surface area contributed by atoms with Crippen molar-refractivity contribution >= 4 is 34.8 Å². The number of nitrogens with zero attached hydrogens (tertiary/aromatic N) is 4. The van der Waals surface area contributed by atoms with Gasteiger partial charge < -0.3 is 20.9 Å². The van der Waals surface area contributed by atoms with Crippen molar-refractivity contribution in [1.82, 2.24) is 20.2 Å². The number of anilines is 4. The van der Waals surface area contributed by atoms with Gasteiger partial charge in [-0.15, -0.1) is 0 Å². The quantitative estimate of drug-likeness (QED) is 0.118. The molecule has 3 aromatic carbocycles. The molecule has 9 nitrogen and oxygen atoms in total. The van der Waals surface area contributed by atoms with Gasteiger partial charge in [-0.1, -0.05) is 44.2 Å². The van der Waals surface area contributed by atoms with E-state index in [1.165, 1.54) is 35.6 Å². The summed E-state index contributed by atoms with van der Waals surface area (Å²) in [4.78, 5) is 37.8. The molecule has 1 aromatic heterocycles. The third-order valence-electron chi connectivity index (χ3n) is 7.82. The molecule has 4 aromatic rings. The third kappa shape index (κ3) is 10.3. The Morgan fingerprint density at radius 3 is 2.16 bits per heavy atom. The van der Waals surface area contributed by atoms with E-state index in [4.69, 9.17) is 9.97 Å². The second kappa shape index (κ2) is 18.5. The number of Topliss-reactive ketones (excluding diaryl/α,β-unsaturated/α-hetero) is 1. The summed E-state index contributed by atoms with van der Waals surface area (Å²) < 4.78 is 30.2. The van der Waals surface area contributed by atoms with Crippen LogP contribution in [0, 0.1) is 18.6 Å². The predicted molar refractivity (Wildman–Crippen MR) is 205 cm³/mol. The molecule has 1 amide bonds. The number of ketones is 1. The molecule has 0 fully saturated rings. The van der Waals surface area contributed by atoms with Gasteiger partial charge in [-0.3, -0.25) is 14.5 Å². The minimum absolute atomic E-state index is 0.0656. The van der Waals surface area contributed by atoms with Crippen molar-refractivity contribution in [3.05, 3.63) is 119 Å². The predicted octanol–water partition coefficient (Wildman–Crippen LogP) is 8.87. The fourth-order valence-electron chi connectivity index (χ4n) is 4.86. The number of benzene rings is 3. The van der Waals surface area contributed by atoms with E-state index in [-0.39, 0.29) is 41.5 Å². The van der Waals surface area contributed by atoms with Crippen molar-refractivity contribution in [1.29, 1.82) is 0 Å². The number of halogens is 2. The SMILES string of the molecule is C=C1NCc2c(-c3cc(C(=O)Nc4ccc(C(C)=O)cc4)ccc3C)nc(NCCN(C)C)nc2N1c1c(F)cccc1F.CC.CC=C(C)C. The molecule has 2 heterocycles. The normalized spacial score (nSPS) is 11.6. The molecule has 51 heavy (non-hydrogen) atoms. The molecule has 270 valence electrons. The van der Waals surface area contributed by atoms with Crippen LogP contribution < -0.4 is 20.9 Å². The van der Waals surface area contributed by atoms with Crippen molar-refractivity contribution in [2.24, 2.45) is 0 Å². The number of likely N-dealkylation sites (N-methyl/N-ethyl adjacent to an activating group) is 1. The maximum absolute atomic E-state index is 15.1. The van der Waals surface area contributed by atoms with E-state index in [1.54, 1.807) is 36.4 Å². The lowest BCUT2D eigenvalue weighted by molar-refractivity contribution is 0.101. The molecule has 3 N–H and O–H groups in total. The Morgan fingerprint density at radius 1 is 0.980 bits per heavy atom. The lowest BCUT2D eigenvalue weighted by Crippen LogP contribution is -2.35. The van der Waals surface area contributed by atoms with E-state index < -0.39 is 11.6 Å². The standard InChI is InChI=1S/C33H33F2N7O2.C5H10.C2H6/c1-19-9-10-23(32(44)38-24-13-11-22(12-14-24)20(2)43)17-25(19)29-26-18-37-21(3)42(30-27(34)7-6-8-28(30)35)31(26)40-33(39-29)36-15-16-41(4)5;1-4-5(2)3;1-2/h6-14,17,37H,3,15-16,18H2,1-2,4-5H3,(H,38,44)(H,36,39,40);4H,1-3H3;1-2H3. The highest BCUT2D eigenvalue weighted by Gasteiger charge is 2.31. The number of hydrogen-bond donors (Lipinski definition) is 3. The van der Waals surface area contributed by atoms with Crippen LogP contribution in [0.15, 0.2) is 84.7 Å². The number of carbonyl (C=O) groups is 2. The van der Waals surface area contributed by atoms with Crippen molar-refractivity contribution in [3.63, 3.8) is 0 Å². The zero-order chi connectivity index (χ0) is 37.8. The number of aryl methyl sites for hydroxylation is 1. The van der Waals surface area contributed by atoms with Crippen LogP contribution in [-0.4, -0.2) is 53.7 Å². The number of carbonyl (C=O) groups excluding carboxylic acids is 2. The first-order valence-electron chi connectivity index (χ1n) is 16.9. The van der Waals surface area contributed by atoms with Gasteiger partial charge in [-0.05, 0) is 103 Å². The van der Waals surface area contributed by atoms with E-state index in [0.717, 1.165) is 5.56 Å². The lowest BCUT2D eigenvalue weighted by atomic mass is 9.97. The molecule has 1 aliphatic heterocycles. The maximum Gasteiger partial charge on any atom is 0.255 e. The molecule has 0 saturated heterocycles.